The standard InChI is InChI=1S/C12H17N3O5S.ClH/c1-20-11-7-10(15(16)17)4-5-12(11)21(18,19)14-6-2-3-9(13)8-14;/h4-5,7,9H,2-3,6,8,13H2,1H3;1H/t9-;/m1./s1. The predicted molar refractivity (Wildman–Crippen MR) is 82.9 cm³/mol. The maximum Gasteiger partial charge on any atom is 0.273 e. The minimum Gasteiger partial charge on any atom is -0.495 e. The molecule has 0 unspecified atom stereocenters. The average molecular weight is 352 g/mol. The smallest absolute Gasteiger partial charge is 0.273 e. The summed E-state index contributed by atoms with van der Waals surface area (Å²) in [6, 6.07) is 3.26. The Labute approximate surface area is 134 Å². The summed E-state index contributed by atoms with van der Waals surface area (Å²) < 4.78 is 31.5. The fourth-order valence-corrected chi connectivity index (χ4v) is 3.99. The number of benzene rings is 1. The summed E-state index contributed by atoms with van der Waals surface area (Å²) in [5.41, 5.74) is 5.59. The molecule has 124 valence electrons. The lowest BCUT2D eigenvalue weighted by molar-refractivity contribution is -0.385. The maximum atomic E-state index is 12.6. The van der Waals surface area contributed by atoms with Crippen molar-refractivity contribution in [3.63, 3.8) is 0 Å². The number of nitrogens with two attached hydrogens (primary N) is 1. The first-order valence-electron chi connectivity index (χ1n) is 6.44. The van der Waals surface area contributed by atoms with Gasteiger partial charge in [-0.2, -0.15) is 4.31 Å². The van der Waals surface area contributed by atoms with Crippen LogP contribution in [0.15, 0.2) is 23.1 Å². The molecule has 0 spiro atoms. The largest absolute Gasteiger partial charge is 0.495 e. The lowest BCUT2D eigenvalue weighted by Gasteiger charge is -2.30. The zero-order valence-electron chi connectivity index (χ0n) is 12.0. The second kappa shape index (κ2) is 7.23. The van der Waals surface area contributed by atoms with Gasteiger partial charge in [0, 0.05) is 25.2 Å². The summed E-state index contributed by atoms with van der Waals surface area (Å²) in [4.78, 5) is 10.1. The van der Waals surface area contributed by atoms with Crippen molar-refractivity contribution >= 4 is 28.1 Å². The van der Waals surface area contributed by atoms with E-state index in [2.05, 4.69) is 0 Å². The summed E-state index contributed by atoms with van der Waals surface area (Å²) in [6.45, 7) is 0.624. The second-order valence-corrected chi connectivity index (χ2v) is 6.76. The monoisotopic (exact) mass is 351 g/mol. The van der Waals surface area contributed by atoms with E-state index in [4.69, 9.17) is 10.5 Å². The third kappa shape index (κ3) is 3.67. The van der Waals surface area contributed by atoms with E-state index < -0.39 is 14.9 Å². The van der Waals surface area contributed by atoms with Crippen LogP contribution in [-0.4, -0.2) is 43.9 Å². The van der Waals surface area contributed by atoms with E-state index in [1.807, 2.05) is 0 Å². The molecule has 1 saturated heterocycles. The van der Waals surface area contributed by atoms with Crippen molar-refractivity contribution in [2.75, 3.05) is 20.2 Å². The van der Waals surface area contributed by atoms with Crippen molar-refractivity contribution in [1.82, 2.24) is 4.31 Å². The Hall–Kier alpha value is -1.42. The SMILES string of the molecule is COc1cc([N+](=O)[O-])ccc1S(=O)(=O)N1CCC[C@@H](N)C1.Cl. The number of methoxy groups -OCH3 is 1. The molecule has 0 amide bonds. The van der Waals surface area contributed by atoms with Crippen molar-refractivity contribution in [3.8, 4) is 5.75 Å². The van der Waals surface area contributed by atoms with Gasteiger partial charge in [0.1, 0.15) is 10.6 Å². The van der Waals surface area contributed by atoms with E-state index in [1.54, 1.807) is 0 Å². The highest BCUT2D eigenvalue weighted by Gasteiger charge is 2.31. The zero-order valence-corrected chi connectivity index (χ0v) is 13.6. The fourth-order valence-electron chi connectivity index (χ4n) is 2.31. The number of non-ortho nitro benzene ring substituents is 1. The molecule has 10 heteroatoms. The first-order valence-corrected chi connectivity index (χ1v) is 7.88. The van der Waals surface area contributed by atoms with Gasteiger partial charge in [-0.25, -0.2) is 8.42 Å². The third-order valence-electron chi connectivity index (χ3n) is 3.40. The normalized spacial score (nSPS) is 19.3. The van der Waals surface area contributed by atoms with E-state index in [0.717, 1.165) is 18.6 Å². The van der Waals surface area contributed by atoms with Gasteiger partial charge >= 0.3 is 0 Å². The van der Waals surface area contributed by atoms with Crippen molar-refractivity contribution < 1.29 is 18.1 Å². The molecule has 2 N–H and O–H groups in total. The molecule has 1 heterocycles. The summed E-state index contributed by atoms with van der Waals surface area (Å²) >= 11 is 0. The number of hydrogen-bond acceptors (Lipinski definition) is 6. The molecule has 8 nitrogen and oxygen atoms in total. The molecule has 0 bridgehead atoms. The summed E-state index contributed by atoms with van der Waals surface area (Å²) in [7, 11) is -2.50. The molecule has 0 radical (unpaired) electrons. The molecule has 2 rings (SSSR count). The molecule has 1 atom stereocenters. The first kappa shape index (κ1) is 18.6. The van der Waals surface area contributed by atoms with Gasteiger partial charge in [0.05, 0.1) is 18.1 Å². The van der Waals surface area contributed by atoms with Crippen LogP contribution in [0.2, 0.25) is 0 Å². The lowest BCUT2D eigenvalue weighted by atomic mass is 10.1. The van der Waals surface area contributed by atoms with Gasteiger partial charge in [-0.15, -0.1) is 12.4 Å². The summed E-state index contributed by atoms with van der Waals surface area (Å²) in [6.07, 6.45) is 1.47. The number of rotatable bonds is 4. The number of nitro groups is 1. The van der Waals surface area contributed by atoms with Crippen LogP contribution in [0.4, 0.5) is 5.69 Å². The lowest BCUT2D eigenvalue weighted by Crippen LogP contribution is -2.45. The molecular weight excluding hydrogens is 334 g/mol. The van der Waals surface area contributed by atoms with Crippen molar-refractivity contribution in [3.05, 3.63) is 28.3 Å². The van der Waals surface area contributed by atoms with Gasteiger partial charge in [0.2, 0.25) is 10.0 Å². The van der Waals surface area contributed by atoms with Gasteiger partial charge in [0.25, 0.3) is 5.69 Å². The van der Waals surface area contributed by atoms with Crippen molar-refractivity contribution in [2.24, 2.45) is 5.73 Å². The van der Waals surface area contributed by atoms with Gasteiger partial charge in [0.15, 0.2) is 0 Å². The van der Waals surface area contributed by atoms with Crippen LogP contribution < -0.4 is 10.5 Å². The quantitative estimate of drug-likeness (QED) is 0.642. The van der Waals surface area contributed by atoms with E-state index >= 15 is 0 Å². The average Bonchev–Trinajstić information content (AvgIpc) is 2.46. The van der Waals surface area contributed by atoms with Crippen LogP contribution in [0, 0.1) is 10.1 Å². The van der Waals surface area contributed by atoms with Gasteiger partial charge in [-0.3, -0.25) is 10.1 Å². The van der Waals surface area contributed by atoms with Crippen LogP contribution in [0.25, 0.3) is 0 Å². The molecule has 1 aliphatic heterocycles. The number of hydrogen-bond donors (Lipinski definition) is 1. The Kier molecular flexibility index (Phi) is 6.12. The minimum atomic E-state index is -3.77. The van der Waals surface area contributed by atoms with Crippen LogP contribution in [0.1, 0.15) is 12.8 Å². The molecule has 1 fully saturated rings. The highest BCUT2D eigenvalue weighted by atomic mass is 35.5. The van der Waals surface area contributed by atoms with Crippen LogP contribution in [0.3, 0.4) is 0 Å². The molecular formula is C12H18ClN3O5S. The molecule has 0 aromatic heterocycles. The molecule has 22 heavy (non-hydrogen) atoms. The van der Waals surface area contributed by atoms with Crippen LogP contribution in [-0.2, 0) is 10.0 Å². The van der Waals surface area contributed by atoms with Crippen molar-refractivity contribution in [2.45, 2.75) is 23.8 Å². The Morgan fingerprint density at radius 2 is 2.14 bits per heavy atom. The highest BCUT2D eigenvalue weighted by molar-refractivity contribution is 7.89. The van der Waals surface area contributed by atoms with Gasteiger partial charge in [-0.05, 0) is 18.9 Å². The number of sulfonamides is 1. The predicted octanol–water partition coefficient (Wildman–Crippen LogP) is 1.14. The third-order valence-corrected chi connectivity index (χ3v) is 5.30. The number of piperidine rings is 1. The molecule has 1 aliphatic rings. The van der Waals surface area contributed by atoms with E-state index in [9.17, 15) is 18.5 Å². The van der Waals surface area contributed by atoms with E-state index in [-0.39, 0.29) is 41.3 Å². The van der Waals surface area contributed by atoms with Crippen molar-refractivity contribution in [1.29, 1.82) is 0 Å². The summed E-state index contributed by atoms with van der Waals surface area (Å²) in [5.74, 6) is -0.0386. The minimum absolute atomic E-state index is 0. The Bertz CT molecular complexity index is 652. The van der Waals surface area contributed by atoms with Gasteiger partial charge < -0.3 is 10.5 Å². The molecule has 0 saturated carbocycles. The number of nitrogens with zero attached hydrogens (tertiary/aromatic N) is 2. The van der Waals surface area contributed by atoms with Gasteiger partial charge in [-0.1, -0.05) is 0 Å². The first-order chi connectivity index (χ1) is 9.86. The molecule has 1 aromatic carbocycles. The maximum absolute atomic E-state index is 12.6. The van der Waals surface area contributed by atoms with Crippen LogP contribution >= 0.6 is 12.4 Å². The highest BCUT2D eigenvalue weighted by Crippen LogP contribution is 2.31. The molecule has 1 aromatic rings. The Morgan fingerprint density at radius 1 is 1.45 bits per heavy atom. The Balaban J connectivity index is 0.00000242. The number of halogens is 1. The topological polar surface area (TPSA) is 116 Å². The summed E-state index contributed by atoms with van der Waals surface area (Å²) in [5, 5.41) is 10.7. The molecule has 0 aliphatic carbocycles. The zero-order chi connectivity index (χ0) is 15.6. The number of nitro benzene ring substituents is 1. The fraction of sp³-hybridized carbons (Fsp3) is 0.500. The Morgan fingerprint density at radius 3 is 2.68 bits per heavy atom. The number of ether oxygens (including phenoxy) is 1. The second-order valence-electron chi connectivity index (χ2n) is 4.86. The van der Waals surface area contributed by atoms with E-state index in [0.29, 0.717) is 13.0 Å². The van der Waals surface area contributed by atoms with E-state index in [1.165, 1.54) is 17.5 Å². The van der Waals surface area contributed by atoms with Crippen LogP contribution in [0.5, 0.6) is 5.75 Å².